The molecule has 0 aromatic carbocycles. The van der Waals surface area contributed by atoms with E-state index in [-0.39, 0.29) is 6.04 Å². The third-order valence-electron chi connectivity index (χ3n) is 4.64. The number of hydrogen-bond donors (Lipinski definition) is 3. The molecule has 1 aliphatic rings. The maximum absolute atomic E-state index is 10.1. The maximum Gasteiger partial charge on any atom is 0.155 e. The van der Waals surface area contributed by atoms with Gasteiger partial charge in [0.2, 0.25) is 0 Å². The van der Waals surface area contributed by atoms with Crippen molar-refractivity contribution in [2.24, 2.45) is 0 Å². The van der Waals surface area contributed by atoms with Crippen molar-refractivity contribution >= 4 is 16.9 Å². The lowest BCUT2D eigenvalue weighted by Gasteiger charge is -2.37. The Balaban J connectivity index is 1.60. The fourth-order valence-corrected chi connectivity index (χ4v) is 3.55. The van der Waals surface area contributed by atoms with Gasteiger partial charge in [0.25, 0.3) is 0 Å². The minimum absolute atomic E-state index is 0.240. The normalized spacial score (nSPS) is 18.4. The summed E-state index contributed by atoms with van der Waals surface area (Å²) in [6.45, 7) is 6.29. The lowest BCUT2D eigenvalue weighted by Crippen LogP contribution is -2.53. The topological polar surface area (TPSA) is 90.0 Å². The largest absolute Gasteiger partial charge is 0.390 e. The molecule has 0 saturated carbocycles. The number of rotatable bonds is 4. The molecule has 0 aliphatic carbocycles. The van der Waals surface area contributed by atoms with Crippen molar-refractivity contribution in [1.82, 2.24) is 25.5 Å². The van der Waals surface area contributed by atoms with Crippen LogP contribution in [-0.2, 0) is 0 Å². The molecule has 1 aliphatic heterocycles. The van der Waals surface area contributed by atoms with Crippen LogP contribution in [0.15, 0.2) is 36.5 Å². The first kappa shape index (κ1) is 16.9. The minimum atomic E-state index is -0.684. The molecular weight excluding hydrogens is 328 g/mol. The molecule has 0 bridgehead atoms. The summed E-state index contributed by atoms with van der Waals surface area (Å²) in [5.41, 5.74) is 1.73. The minimum Gasteiger partial charge on any atom is -0.390 e. The van der Waals surface area contributed by atoms with Crippen LogP contribution in [0, 0.1) is 0 Å². The highest BCUT2D eigenvalue weighted by Gasteiger charge is 2.26. The van der Waals surface area contributed by atoms with Gasteiger partial charge in [-0.3, -0.25) is 5.10 Å². The molecule has 26 heavy (non-hydrogen) atoms. The molecule has 3 N–H and O–H groups in total. The Labute approximate surface area is 152 Å². The molecule has 136 valence electrons. The molecule has 1 fully saturated rings. The standard InChI is InChI=1S/C19H24N6O/c1-19(2,26)11-13-12-25(10-9-20-13)16-7-3-6-15(22-16)17-14-5-4-8-21-18(14)24-23-17/h3-8,13,20,26H,9-12H2,1-2H3,(H,21,23,24). The third-order valence-corrected chi connectivity index (χ3v) is 4.64. The molecule has 1 atom stereocenters. The second kappa shape index (κ2) is 6.66. The molecule has 1 unspecified atom stereocenters. The molecule has 3 aromatic rings. The summed E-state index contributed by atoms with van der Waals surface area (Å²) in [6.07, 6.45) is 2.45. The summed E-state index contributed by atoms with van der Waals surface area (Å²) in [4.78, 5) is 11.4. The Morgan fingerprint density at radius 1 is 1.27 bits per heavy atom. The van der Waals surface area contributed by atoms with Gasteiger partial charge in [-0.05, 0) is 44.5 Å². The number of aromatic amines is 1. The molecule has 0 radical (unpaired) electrons. The van der Waals surface area contributed by atoms with E-state index in [1.165, 1.54) is 0 Å². The van der Waals surface area contributed by atoms with Gasteiger partial charge in [-0.2, -0.15) is 5.10 Å². The molecular formula is C19H24N6O. The van der Waals surface area contributed by atoms with E-state index in [9.17, 15) is 5.11 Å². The second-order valence-corrected chi connectivity index (χ2v) is 7.47. The number of aromatic nitrogens is 4. The number of anilines is 1. The van der Waals surface area contributed by atoms with Crippen molar-refractivity contribution in [3.8, 4) is 11.4 Å². The van der Waals surface area contributed by atoms with E-state index in [1.54, 1.807) is 6.20 Å². The van der Waals surface area contributed by atoms with Crippen molar-refractivity contribution in [1.29, 1.82) is 0 Å². The first-order valence-electron chi connectivity index (χ1n) is 8.97. The summed E-state index contributed by atoms with van der Waals surface area (Å²) in [7, 11) is 0. The lowest BCUT2D eigenvalue weighted by molar-refractivity contribution is 0.0586. The van der Waals surface area contributed by atoms with Gasteiger partial charge < -0.3 is 15.3 Å². The Bertz CT molecular complexity index is 900. The Morgan fingerprint density at radius 2 is 2.15 bits per heavy atom. The summed E-state index contributed by atoms with van der Waals surface area (Å²) >= 11 is 0. The van der Waals surface area contributed by atoms with E-state index in [1.807, 2.05) is 44.2 Å². The molecule has 3 aromatic heterocycles. The van der Waals surface area contributed by atoms with Crippen LogP contribution in [0.2, 0.25) is 0 Å². The SMILES string of the molecule is CC(C)(O)CC1CN(c2cccc(-c3n[nH]c4ncccc34)n2)CCN1. The second-order valence-electron chi connectivity index (χ2n) is 7.47. The Morgan fingerprint density at radius 3 is 3.00 bits per heavy atom. The molecule has 7 nitrogen and oxygen atoms in total. The van der Waals surface area contributed by atoms with Crippen molar-refractivity contribution in [3.63, 3.8) is 0 Å². The van der Waals surface area contributed by atoms with Crippen LogP contribution >= 0.6 is 0 Å². The summed E-state index contributed by atoms with van der Waals surface area (Å²) in [6, 6.07) is 10.2. The fraction of sp³-hybridized carbons (Fsp3) is 0.421. The number of nitrogens with zero attached hydrogens (tertiary/aromatic N) is 4. The summed E-state index contributed by atoms with van der Waals surface area (Å²) in [5, 5.41) is 21.9. The van der Waals surface area contributed by atoms with E-state index in [0.29, 0.717) is 6.42 Å². The quantitative estimate of drug-likeness (QED) is 0.665. The van der Waals surface area contributed by atoms with E-state index in [0.717, 1.165) is 47.9 Å². The van der Waals surface area contributed by atoms with Crippen molar-refractivity contribution in [2.45, 2.75) is 31.9 Å². The molecule has 4 rings (SSSR count). The third kappa shape index (κ3) is 3.54. The highest BCUT2D eigenvalue weighted by Crippen LogP contribution is 2.26. The fourth-order valence-electron chi connectivity index (χ4n) is 3.55. The van der Waals surface area contributed by atoms with Gasteiger partial charge in [-0.25, -0.2) is 9.97 Å². The van der Waals surface area contributed by atoms with Crippen LogP contribution in [0.1, 0.15) is 20.3 Å². The molecule has 7 heteroatoms. The monoisotopic (exact) mass is 352 g/mol. The van der Waals surface area contributed by atoms with Gasteiger partial charge in [0.1, 0.15) is 11.5 Å². The van der Waals surface area contributed by atoms with Crippen molar-refractivity contribution in [3.05, 3.63) is 36.5 Å². The number of aliphatic hydroxyl groups is 1. The summed E-state index contributed by atoms with van der Waals surface area (Å²) in [5.74, 6) is 0.935. The van der Waals surface area contributed by atoms with Crippen LogP contribution in [0.5, 0.6) is 0 Å². The van der Waals surface area contributed by atoms with Crippen LogP contribution in [0.3, 0.4) is 0 Å². The molecule has 1 saturated heterocycles. The van der Waals surface area contributed by atoms with Crippen molar-refractivity contribution < 1.29 is 5.11 Å². The number of pyridine rings is 2. The average Bonchev–Trinajstić information content (AvgIpc) is 3.05. The highest BCUT2D eigenvalue weighted by atomic mass is 16.3. The predicted octanol–water partition coefficient (Wildman–Crippen LogP) is 1.96. The van der Waals surface area contributed by atoms with Crippen LogP contribution < -0.4 is 10.2 Å². The predicted molar refractivity (Wildman–Crippen MR) is 102 cm³/mol. The zero-order valence-corrected chi connectivity index (χ0v) is 15.1. The summed E-state index contributed by atoms with van der Waals surface area (Å²) < 4.78 is 0. The van der Waals surface area contributed by atoms with Gasteiger partial charge in [0.05, 0.1) is 11.3 Å². The zero-order valence-electron chi connectivity index (χ0n) is 15.1. The van der Waals surface area contributed by atoms with Crippen LogP contribution in [0.4, 0.5) is 5.82 Å². The molecule has 4 heterocycles. The highest BCUT2D eigenvalue weighted by molar-refractivity contribution is 5.89. The van der Waals surface area contributed by atoms with E-state index >= 15 is 0 Å². The average molecular weight is 352 g/mol. The Kier molecular flexibility index (Phi) is 4.34. The van der Waals surface area contributed by atoms with E-state index < -0.39 is 5.60 Å². The van der Waals surface area contributed by atoms with Gasteiger partial charge in [-0.15, -0.1) is 0 Å². The number of fused-ring (bicyclic) bond motifs is 1. The van der Waals surface area contributed by atoms with E-state index in [4.69, 9.17) is 4.98 Å². The van der Waals surface area contributed by atoms with Crippen molar-refractivity contribution in [2.75, 3.05) is 24.5 Å². The van der Waals surface area contributed by atoms with E-state index in [2.05, 4.69) is 25.4 Å². The Hall–Kier alpha value is -2.51. The smallest absolute Gasteiger partial charge is 0.155 e. The molecule has 0 spiro atoms. The first-order valence-corrected chi connectivity index (χ1v) is 8.97. The lowest BCUT2D eigenvalue weighted by atomic mass is 9.97. The molecule has 0 amide bonds. The van der Waals surface area contributed by atoms with Gasteiger partial charge in [0.15, 0.2) is 5.65 Å². The number of piperazine rings is 1. The van der Waals surface area contributed by atoms with Gasteiger partial charge in [-0.1, -0.05) is 6.07 Å². The van der Waals surface area contributed by atoms with Gasteiger partial charge in [0, 0.05) is 37.3 Å². The van der Waals surface area contributed by atoms with Gasteiger partial charge >= 0.3 is 0 Å². The number of nitrogens with one attached hydrogen (secondary N) is 2. The van der Waals surface area contributed by atoms with Crippen LogP contribution in [-0.4, -0.2) is 56.5 Å². The van der Waals surface area contributed by atoms with Crippen LogP contribution in [0.25, 0.3) is 22.4 Å². The first-order chi connectivity index (χ1) is 12.5. The number of H-pyrrole nitrogens is 1. The zero-order chi connectivity index (χ0) is 18.1. The maximum atomic E-state index is 10.1. The number of hydrogen-bond acceptors (Lipinski definition) is 6.